The van der Waals surface area contributed by atoms with Crippen LogP contribution in [0.5, 0.6) is 0 Å². The smallest absolute Gasteiger partial charge is 0.268 e. The maximum absolute atomic E-state index is 13.4. The number of nitrogens with zero attached hydrogens (tertiary/aromatic N) is 2. The van der Waals surface area contributed by atoms with Gasteiger partial charge in [-0.1, -0.05) is 6.07 Å². The summed E-state index contributed by atoms with van der Waals surface area (Å²) < 4.78 is 26.1. The molecule has 2 rings (SSSR count). The van der Waals surface area contributed by atoms with Gasteiger partial charge in [-0.15, -0.1) is 0 Å². The average molecular weight is 247 g/mol. The van der Waals surface area contributed by atoms with Crippen molar-refractivity contribution in [2.75, 3.05) is 0 Å². The van der Waals surface area contributed by atoms with E-state index in [0.29, 0.717) is 0 Å². The fourth-order valence-electron chi connectivity index (χ4n) is 1.45. The van der Waals surface area contributed by atoms with Gasteiger partial charge < -0.3 is 4.98 Å². The molecule has 0 bridgehead atoms. The number of hydrogen-bond donors (Lipinski definition) is 1. The van der Waals surface area contributed by atoms with Gasteiger partial charge in [-0.05, 0) is 11.6 Å². The van der Waals surface area contributed by atoms with Crippen LogP contribution in [0.25, 0.3) is 0 Å². The highest BCUT2D eigenvalue weighted by atomic mass is 19.1. The summed E-state index contributed by atoms with van der Waals surface area (Å²) in [4.78, 5) is 17.5. The van der Waals surface area contributed by atoms with Crippen LogP contribution in [-0.2, 0) is 6.42 Å². The Morgan fingerprint density at radius 3 is 2.78 bits per heavy atom. The molecule has 0 saturated heterocycles. The summed E-state index contributed by atoms with van der Waals surface area (Å²) in [5, 5.41) is 8.56. The van der Waals surface area contributed by atoms with E-state index in [9.17, 15) is 13.6 Å². The van der Waals surface area contributed by atoms with Crippen molar-refractivity contribution in [2.24, 2.45) is 0 Å². The highest BCUT2D eigenvalue weighted by molar-refractivity contribution is 5.25. The van der Waals surface area contributed by atoms with E-state index in [0.717, 1.165) is 18.3 Å². The third-order valence-corrected chi connectivity index (χ3v) is 2.35. The lowest BCUT2D eigenvalue weighted by atomic mass is 10.1. The van der Waals surface area contributed by atoms with Gasteiger partial charge in [0.2, 0.25) is 0 Å². The lowest BCUT2D eigenvalue weighted by molar-refractivity contribution is 0.573. The number of hydrogen-bond acceptors (Lipinski definition) is 3. The fourth-order valence-corrected chi connectivity index (χ4v) is 1.45. The Morgan fingerprint density at radius 1 is 1.39 bits per heavy atom. The Labute approximate surface area is 101 Å². The van der Waals surface area contributed by atoms with Crippen molar-refractivity contribution in [3.63, 3.8) is 0 Å². The van der Waals surface area contributed by atoms with Crippen molar-refractivity contribution in [1.82, 2.24) is 9.97 Å². The number of aromatic amines is 1. The van der Waals surface area contributed by atoms with Crippen LogP contribution in [0.1, 0.15) is 17.0 Å². The molecule has 1 aromatic carbocycles. The van der Waals surface area contributed by atoms with E-state index in [1.807, 2.05) is 0 Å². The lowest BCUT2D eigenvalue weighted by Crippen LogP contribution is -2.14. The summed E-state index contributed by atoms with van der Waals surface area (Å²) >= 11 is 0. The minimum Gasteiger partial charge on any atom is -0.309 e. The molecule has 0 fully saturated rings. The van der Waals surface area contributed by atoms with Crippen LogP contribution in [0.4, 0.5) is 8.78 Å². The van der Waals surface area contributed by atoms with Crippen LogP contribution in [0.3, 0.4) is 0 Å². The molecule has 4 nitrogen and oxygen atoms in total. The van der Waals surface area contributed by atoms with Gasteiger partial charge in [0.15, 0.2) is 0 Å². The molecular formula is C12H7F2N3O. The largest absolute Gasteiger partial charge is 0.309 e. The van der Waals surface area contributed by atoms with Crippen LogP contribution in [-0.4, -0.2) is 9.97 Å². The summed E-state index contributed by atoms with van der Waals surface area (Å²) in [5.41, 5.74) is -0.479. The molecule has 0 aliphatic carbocycles. The number of rotatable bonds is 2. The molecule has 0 radical (unpaired) electrons. The first-order valence-corrected chi connectivity index (χ1v) is 5.02. The first-order valence-electron chi connectivity index (χ1n) is 5.02. The number of aromatic nitrogens is 2. The van der Waals surface area contributed by atoms with E-state index in [1.54, 1.807) is 6.07 Å². The predicted molar refractivity (Wildman–Crippen MR) is 58.7 cm³/mol. The van der Waals surface area contributed by atoms with Gasteiger partial charge in [-0.3, -0.25) is 4.79 Å². The summed E-state index contributed by atoms with van der Waals surface area (Å²) in [6.07, 6.45) is 1.14. The van der Waals surface area contributed by atoms with Crippen molar-refractivity contribution in [3.8, 4) is 6.07 Å². The van der Waals surface area contributed by atoms with Crippen molar-refractivity contribution < 1.29 is 8.78 Å². The summed E-state index contributed by atoms with van der Waals surface area (Å²) in [5.74, 6) is -1.16. The molecule has 90 valence electrons. The second-order valence-corrected chi connectivity index (χ2v) is 3.60. The Bertz CT molecular complexity index is 688. The van der Waals surface area contributed by atoms with E-state index in [4.69, 9.17) is 5.26 Å². The number of halogens is 2. The summed E-state index contributed by atoms with van der Waals surface area (Å²) in [6, 6.07) is 4.84. The zero-order valence-electron chi connectivity index (χ0n) is 9.08. The van der Waals surface area contributed by atoms with Crippen LogP contribution in [0.2, 0.25) is 0 Å². The molecule has 0 atom stereocenters. The maximum Gasteiger partial charge on any atom is 0.268 e. The summed E-state index contributed by atoms with van der Waals surface area (Å²) in [7, 11) is 0. The minimum absolute atomic E-state index is 0.0209. The molecule has 0 unspecified atom stereocenters. The molecule has 0 spiro atoms. The van der Waals surface area contributed by atoms with E-state index in [-0.39, 0.29) is 23.4 Å². The normalized spacial score (nSPS) is 10.1. The van der Waals surface area contributed by atoms with E-state index < -0.39 is 17.2 Å². The molecule has 1 N–H and O–H groups in total. The van der Waals surface area contributed by atoms with Crippen molar-refractivity contribution >= 4 is 0 Å². The number of nitriles is 1. The first kappa shape index (κ1) is 11.9. The molecular weight excluding hydrogens is 240 g/mol. The van der Waals surface area contributed by atoms with Gasteiger partial charge in [0.25, 0.3) is 5.56 Å². The van der Waals surface area contributed by atoms with E-state index in [1.165, 1.54) is 6.07 Å². The Hall–Kier alpha value is -2.55. The molecule has 18 heavy (non-hydrogen) atoms. The average Bonchev–Trinajstić information content (AvgIpc) is 2.33. The van der Waals surface area contributed by atoms with Gasteiger partial charge in [0, 0.05) is 12.5 Å². The zero-order valence-corrected chi connectivity index (χ0v) is 9.08. The van der Waals surface area contributed by atoms with Gasteiger partial charge >= 0.3 is 0 Å². The van der Waals surface area contributed by atoms with Gasteiger partial charge in [0.05, 0.1) is 6.20 Å². The third-order valence-electron chi connectivity index (χ3n) is 2.35. The molecule has 2 aromatic rings. The van der Waals surface area contributed by atoms with Crippen LogP contribution in [0, 0.1) is 23.0 Å². The standard InChI is InChI=1S/C12H7F2N3O/c13-9-2-1-7(10(14)4-9)3-11-16-6-8(5-15)12(18)17-11/h1-2,4,6H,3H2,(H,16,17,18). The van der Waals surface area contributed by atoms with Crippen molar-refractivity contribution in [3.05, 3.63) is 63.3 Å². The Kier molecular flexibility index (Phi) is 3.15. The summed E-state index contributed by atoms with van der Waals surface area (Å²) in [6.45, 7) is 0. The molecule has 0 amide bonds. The van der Waals surface area contributed by atoms with Gasteiger partial charge in [0.1, 0.15) is 29.1 Å². The second-order valence-electron chi connectivity index (χ2n) is 3.60. The van der Waals surface area contributed by atoms with Crippen LogP contribution in [0.15, 0.2) is 29.2 Å². The monoisotopic (exact) mass is 247 g/mol. The maximum atomic E-state index is 13.4. The zero-order chi connectivity index (χ0) is 13.1. The minimum atomic E-state index is -0.706. The highest BCUT2D eigenvalue weighted by Gasteiger charge is 2.07. The van der Waals surface area contributed by atoms with Crippen molar-refractivity contribution in [1.29, 1.82) is 5.26 Å². The van der Waals surface area contributed by atoms with Crippen LogP contribution >= 0.6 is 0 Å². The predicted octanol–water partition coefficient (Wildman–Crippen LogP) is 1.51. The molecule has 0 saturated carbocycles. The van der Waals surface area contributed by atoms with Crippen molar-refractivity contribution in [2.45, 2.75) is 6.42 Å². The van der Waals surface area contributed by atoms with Gasteiger partial charge in [-0.2, -0.15) is 5.26 Å². The lowest BCUT2D eigenvalue weighted by Gasteiger charge is -2.02. The molecule has 1 heterocycles. The van der Waals surface area contributed by atoms with Crippen LogP contribution < -0.4 is 5.56 Å². The quantitative estimate of drug-likeness (QED) is 0.874. The molecule has 0 aliphatic rings. The number of H-pyrrole nitrogens is 1. The molecule has 0 aliphatic heterocycles. The highest BCUT2D eigenvalue weighted by Crippen LogP contribution is 2.12. The van der Waals surface area contributed by atoms with E-state index in [2.05, 4.69) is 9.97 Å². The fraction of sp³-hybridized carbons (Fsp3) is 0.0833. The Balaban J connectivity index is 2.32. The molecule has 1 aromatic heterocycles. The number of nitrogens with one attached hydrogen (secondary N) is 1. The first-order chi connectivity index (χ1) is 8.60. The SMILES string of the molecule is N#Cc1cnc(Cc2ccc(F)cc2F)[nH]c1=O. The van der Waals surface area contributed by atoms with E-state index >= 15 is 0 Å². The second kappa shape index (κ2) is 4.75. The number of benzene rings is 1. The molecule has 6 heteroatoms. The Morgan fingerprint density at radius 2 is 2.17 bits per heavy atom. The van der Waals surface area contributed by atoms with Gasteiger partial charge in [-0.25, -0.2) is 13.8 Å². The topological polar surface area (TPSA) is 69.5 Å². The third kappa shape index (κ3) is 2.40.